The predicted octanol–water partition coefficient (Wildman–Crippen LogP) is 14.8. The van der Waals surface area contributed by atoms with Gasteiger partial charge in [0.25, 0.3) is 0 Å². The maximum atomic E-state index is 5.32. The first kappa shape index (κ1) is 34.8. The Morgan fingerprint density at radius 3 is 1.59 bits per heavy atom. The highest BCUT2D eigenvalue weighted by molar-refractivity contribution is 7.99. The Morgan fingerprint density at radius 2 is 0.881 bits per heavy atom. The Bertz CT molecular complexity index is 3180. The number of fused-ring (bicyclic) bond motifs is 11. The van der Waals surface area contributed by atoms with Crippen molar-refractivity contribution in [2.45, 2.75) is 9.79 Å². The fourth-order valence-corrected chi connectivity index (χ4v) is 9.59. The molecule has 1 aliphatic rings. The lowest BCUT2D eigenvalue weighted by Gasteiger charge is -2.19. The lowest BCUT2D eigenvalue weighted by molar-refractivity contribution is 1.18. The van der Waals surface area contributed by atoms with Crippen molar-refractivity contribution in [1.29, 1.82) is 0 Å². The molecule has 0 aliphatic carbocycles. The zero-order valence-corrected chi connectivity index (χ0v) is 32.8. The van der Waals surface area contributed by atoms with Crippen LogP contribution in [0.25, 0.3) is 100 Å². The minimum atomic E-state index is 0.675. The first-order chi connectivity index (χ1) is 29.2. The third-order valence-electron chi connectivity index (χ3n) is 11.2. The SMILES string of the molecule is c1ccc(-c2cc(-c3ccc(-c4cccnc4)cc3)nc(-c3ccc4c(c3)-c3ccc5ccccc5c3Sc3ccccc3-c3ccccc3-c3ccccc3-4)n2)cc1. The van der Waals surface area contributed by atoms with Crippen LogP contribution in [0.2, 0.25) is 0 Å². The molecular weight excluding hydrogens is 735 g/mol. The van der Waals surface area contributed by atoms with Gasteiger partial charge in [0.1, 0.15) is 0 Å². The van der Waals surface area contributed by atoms with Gasteiger partial charge in [-0.3, -0.25) is 4.98 Å². The molecule has 3 nitrogen and oxygen atoms in total. The van der Waals surface area contributed by atoms with Crippen molar-refractivity contribution in [1.82, 2.24) is 15.0 Å². The second-order valence-corrected chi connectivity index (χ2v) is 15.8. The largest absolute Gasteiger partial charge is 0.264 e. The van der Waals surface area contributed by atoms with E-state index < -0.39 is 0 Å². The lowest BCUT2D eigenvalue weighted by atomic mass is 9.85. The number of benzene rings is 8. The van der Waals surface area contributed by atoms with E-state index in [-0.39, 0.29) is 0 Å². The maximum Gasteiger partial charge on any atom is 0.160 e. The van der Waals surface area contributed by atoms with E-state index >= 15 is 0 Å². The molecule has 0 unspecified atom stereocenters. The number of rotatable bonds is 4. The van der Waals surface area contributed by atoms with Gasteiger partial charge in [0.15, 0.2) is 5.82 Å². The number of nitrogens with zero attached hydrogens (tertiary/aromatic N) is 3. The molecule has 0 N–H and O–H groups in total. The second kappa shape index (κ2) is 14.8. The molecule has 0 fully saturated rings. The quantitative estimate of drug-likeness (QED) is 0.179. The van der Waals surface area contributed by atoms with Crippen LogP contribution in [0.1, 0.15) is 0 Å². The summed E-state index contributed by atoms with van der Waals surface area (Å²) in [6.07, 6.45) is 3.70. The summed E-state index contributed by atoms with van der Waals surface area (Å²) in [7, 11) is 0. The first-order valence-corrected chi connectivity index (χ1v) is 20.6. The minimum Gasteiger partial charge on any atom is -0.264 e. The Labute approximate surface area is 347 Å². The zero-order chi connectivity index (χ0) is 39.1. The van der Waals surface area contributed by atoms with Gasteiger partial charge < -0.3 is 0 Å². The minimum absolute atomic E-state index is 0.675. The molecule has 0 spiro atoms. The smallest absolute Gasteiger partial charge is 0.160 e. The van der Waals surface area contributed by atoms with Crippen LogP contribution in [0.15, 0.2) is 222 Å². The molecule has 0 radical (unpaired) electrons. The number of pyridine rings is 1. The fraction of sp³-hybridized carbons (Fsp3) is 0. The maximum absolute atomic E-state index is 5.32. The summed E-state index contributed by atoms with van der Waals surface area (Å²) in [5.74, 6) is 0.675. The van der Waals surface area contributed by atoms with E-state index in [1.165, 1.54) is 53.9 Å². The molecule has 0 atom stereocenters. The molecule has 3 heterocycles. The van der Waals surface area contributed by atoms with Gasteiger partial charge in [0.05, 0.1) is 11.4 Å². The molecule has 4 heteroatoms. The van der Waals surface area contributed by atoms with E-state index in [0.29, 0.717) is 5.82 Å². The van der Waals surface area contributed by atoms with Gasteiger partial charge in [-0.2, -0.15) is 0 Å². The monoisotopic (exact) mass is 769 g/mol. The molecule has 0 bridgehead atoms. The summed E-state index contributed by atoms with van der Waals surface area (Å²) in [6, 6.07) is 71.7. The van der Waals surface area contributed by atoms with E-state index in [1.807, 2.05) is 30.1 Å². The summed E-state index contributed by atoms with van der Waals surface area (Å²) < 4.78 is 0. The molecule has 0 amide bonds. The van der Waals surface area contributed by atoms with Crippen molar-refractivity contribution >= 4 is 22.5 Å². The summed E-state index contributed by atoms with van der Waals surface area (Å²) in [6.45, 7) is 0. The highest BCUT2D eigenvalue weighted by Crippen LogP contribution is 2.50. The fourth-order valence-electron chi connectivity index (χ4n) is 8.35. The van der Waals surface area contributed by atoms with Crippen molar-refractivity contribution in [3.8, 4) is 89.5 Å². The Balaban J connectivity index is 1.17. The summed E-state index contributed by atoms with van der Waals surface area (Å²) in [4.78, 5) is 17.4. The first-order valence-electron chi connectivity index (χ1n) is 19.8. The highest BCUT2D eigenvalue weighted by Gasteiger charge is 2.23. The van der Waals surface area contributed by atoms with E-state index in [2.05, 4.69) is 193 Å². The third-order valence-corrected chi connectivity index (χ3v) is 12.5. The van der Waals surface area contributed by atoms with Gasteiger partial charge >= 0.3 is 0 Å². The van der Waals surface area contributed by atoms with Crippen LogP contribution < -0.4 is 0 Å². The topological polar surface area (TPSA) is 38.7 Å². The Morgan fingerprint density at radius 1 is 0.339 bits per heavy atom. The van der Waals surface area contributed by atoms with Gasteiger partial charge in [-0.25, -0.2) is 9.97 Å². The zero-order valence-electron chi connectivity index (χ0n) is 32.0. The van der Waals surface area contributed by atoms with Crippen LogP contribution >= 0.6 is 11.8 Å². The van der Waals surface area contributed by atoms with Gasteiger partial charge in [-0.1, -0.05) is 188 Å². The van der Waals surface area contributed by atoms with E-state index in [9.17, 15) is 0 Å². The molecule has 11 rings (SSSR count). The van der Waals surface area contributed by atoms with Gasteiger partial charge in [0, 0.05) is 38.9 Å². The van der Waals surface area contributed by atoms with Crippen molar-refractivity contribution in [3.05, 3.63) is 213 Å². The van der Waals surface area contributed by atoms with Crippen LogP contribution in [0.4, 0.5) is 0 Å². The number of aromatic nitrogens is 3. The predicted molar refractivity (Wildman–Crippen MR) is 245 cm³/mol. The molecule has 1 aliphatic heterocycles. The Kier molecular flexibility index (Phi) is 8.76. The van der Waals surface area contributed by atoms with Crippen LogP contribution in [0.3, 0.4) is 0 Å². The molecule has 276 valence electrons. The molecule has 10 aromatic rings. The van der Waals surface area contributed by atoms with Crippen molar-refractivity contribution in [3.63, 3.8) is 0 Å². The van der Waals surface area contributed by atoms with Crippen LogP contribution in [-0.2, 0) is 0 Å². The molecule has 2 aromatic heterocycles. The Hall–Kier alpha value is -7.40. The highest BCUT2D eigenvalue weighted by atomic mass is 32.2. The molecule has 59 heavy (non-hydrogen) atoms. The lowest BCUT2D eigenvalue weighted by Crippen LogP contribution is -1.97. The standard InChI is InChI=1S/C55H35N3S/c1-2-14-38(15-3-1)51-34-52(39-26-24-36(25-27-39)41-16-12-32-56-35-41)58-55(57-51)40-29-30-47-45-20-7-6-18-43(45)44-19-8-9-21-46(44)48-22-10-11-23-53(48)59-54-42-17-5-4-13-37(42)28-31-49(54)50(47)33-40/h1-35H. The van der Waals surface area contributed by atoms with Crippen molar-refractivity contribution in [2.75, 3.05) is 0 Å². The summed E-state index contributed by atoms with van der Waals surface area (Å²) in [5, 5.41) is 2.43. The normalized spacial score (nSPS) is 11.7. The molecule has 8 aromatic carbocycles. The average Bonchev–Trinajstić information content (AvgIpc) is 3.33. The van der Waals surface area contributed by atoms with Gasteiger partial charge in [0.2, 0.25) is 0 Å². The van der Waals surface area contributed by atoms with Crippen LogP contribution in [0.5, 0.6) is 0 Å². The molecule has 0 saturated carbocycles. The van der Waals surface area contributed by atoms with Crippen molar-refractivity contribution in [2.24, 2.45) is 0 Å². The van der Waals surface area contributed by atoms with Crippen molar-refractivity contribution < 1.29 is 0 Å². The van der Waals surface area contributed by atoms with Crippen LogP contribution in [-0.4, -0.2) is 15.0 Å². The van der Waals surface area contributed by atoms with E-state index in [1.54, 1.807) is 6.20 Å². The molecule has 0 saturated heterocycles. The molecular formula is C55H35N3S. The third kappa shape index (κ3) is 6.41. The van der Waals surface area contributed by atoms with E-state index in [4.69, 9.17) is 9.97 Å². The van der Waals surface area contributed by atoms with Crippen LogP contribution in [0, 0.1) is 0 Å². The summed E-state index contributed by atoms with van der Waals surface area (Å²) in [5.41, 5.74) is 16.4. The summed E-state index contributed by atoms with van der Waals surface area (Å²) >= 11 is 1.85. The number of hydrogen-bond acceptors (Lipinski definition) is 4. The van der Waals surface area contributed by atoms with E-state index in [0.717, 1.165) is 50.3 Å². The average molecular weight is 770 g/mol. The van der Waals surface area contributed by atoms with Gasteiger partial charge in [-0.15, -0.1) is 0 Å². The second-order valence-electron chi connectivity index (χ2n) is 14.8. The number of hydrogen-bond donors (Lipinski definition) is 0. The van der Waals surface area contributed by atoms with Gasteiger partial charge in [-0.05, 0) is 90.7 Å².